The van der Waals surface area contributed by atoms with Gasteiger partial charge in [-0.2, -0.15) is 10.2 Å². The molecule has 0 fully saturated rings. The van der Waals surface area contributed by atoms with Crippen LogP contribution in [-0.2, 0) is 6.54 Å². The smallest absolute Gasteiger partial charge is 0.252 e. The van der Waals surface area contributed by atoms with Crippen molar-refractivity contribution in [3.05, 3.63) is 40.5 Å². The molecule has 0 unspecified atom stereocenters. The fourth-order valence-corrected chi connectivity index (χ4v) is 3.00. The molecular weight excluding hydrogens is 328 g/mol. The number of pyridine rings is 1. The zero-order chi connectivity index (χ0) is 19.0. The Morgan fingerprint density at radius 3 is 2.58 bits per heavy atom. The molecule has 0 bridgehead atoms. The molecule has 3 aromatic rings. The van der Waals surface area contributed by atoms with Gasteiger partial charge in [-0.3, -0.25) is 9.89 Å². The fourth-order valence-electron chi connectivity index (χ4n) is 3.00. The second kappa shape index (κ2) is 6.90. The average molecular weight is 354 g/mol. The van der Waals surface area contributed by atoms with E-state index in [0.29, 0.717) is 12.1 Å². The van der Waals surface area contributed by atoms with Crippen LogP contribution in [0.25, 0.3) is 11.0 Å². The lowest BCUT2D eigenvalue weighted by atomic mass is 10.0. The van der Waals surface area contributed by atoms with Crippen molar-refractivity contribution in [3.63, 3.8) is 0 Å². The van der Waals surface area contributed by atoms with Crippen molar-refractivity contribution < 1.29 is 4.79 Å². The normalized spacial score (nSPS) is 11.7. The van der Waals surface area contributed by atoms with Gasteiger partial charge >= 0.3 is 0 Å². The first kappa shape index (κ1) is 18.1. The quantitative estimate of drug-likeness (QED) is 0.735. The summed E-state index contributed by atoms with van der Waals surface area (Å²) in [4.78, 5) is 17.7. The second-order valence-corrected chi connectivity index (χ2v) is 7.26. The third-order valence-corrected chi connectivity index (χ3v) is 4.62. The lowest BCUT2D eigenvalue weighted by molar-refractivity contribution is 0.0952. The van der Waals surface area contributed by atoms with Crippen molar-refractivity contribution in [3.8, 4) is 0 Å². The first-order chi connectivity index (χ1) is 12.3. The van der Waals surface area contributed by atoms with E-state index in [2.05, 4.69) is 48.3 Å². The van der Waals surface area contributed by atoms with E-state index in [0.717, 1.165) is 33.7 Å². The van der Waals surface area contributed by atoms with Gasteiger partial charge < -0.3 is 5.32 Å². The highest BCUT2D eigenvalue weighted by Gasteiger charge is 2.19. The molecule has 3 rings (SSSR count). The van der Waals surface area contributed by atoms with Crippen molar-refractivity contribution in [2.24, 2.45) is 0 Å². The number of nitrogens with one attached hydrogen (secondary N) is 2. The molecule has 0 aliphatic carbocycles. The molecule has 0 atom stereocenters. The van der Waals surface area contributed by atoms with Gasteiger partial charge in [0, 0.05) is 29.5 Å². The fraction of sp³-hybridized carbons (Fsp3) is 0.474. The molecule has 0 spiro atoms. The Hall–Kier alpha value is -2.70. The van der Waals surface area contributed by atoms with E-state index >= 15 is 0 Å². The van der Waals surface area contributed by atoms with Gasteiger partial charge in [0.05, 0.1) is 22.8 Å². The SMILES string of the molecule is Cc1n[nH]c(C)c1CNC(=O)c1cc(C(C)C)nc2c1cnn2C(C)C. The number of rotatable bonds is 5. The Balaban J connectivity index is 1.98. The molecule has 0 saturated carbocycles. The zero-order valence-corrected chi connectivity index (χ0v) is 16.2. The summed E-state index contributed by atoms with van der Waals surface area (Å²) in [6, 6.07) is 2.05. The van der Waals surface area contributed by atoms with Gasteiger partial charge in [-0.25, -0.2) is 9.67 Å². The van der Waals surface area contributed by atoms with E-state index in [1.54, 1.807) is 6.20 Å². The third-order valence-electron chi connectivity index (χ3n) is 4.62. The lowest BCUT2D eigenvalue weighted by Crippen LogP contribution is -2.24. The number of aromatic nitrogens is 5. The van der Waals surface area contributed by atoms with E-state index in [4.69, 9.17) is 4.98 Å². The number of amides is 1. The molecule has 138 valence electrons. The summed E-state index contributed by atoms with van der Waals surface area (Å²) >= 11 is 0. The molecule has 26 heavy (non-hydrogen) atoms. The molecule has 0 aliphatic heterocycles. The van der Waals surface area contributed by atoms with E-state index < -0.39 is 0 Å². The molecule has 0 aromatic carbocycles. The van der Waals surface area contributed by atoms with Crippen LogP contribution in [-0.4, -0.2) is 30.9 Å². The summed E-state index contributed by atoms with van der Waals surface area (Å²) < 4.78 is 1.86. The molecule has 0 aliphatic rings. The van der Waals surface area contributed by atoms with Crippen LogP contribution in [0.2, 0.25) is 0 Å². The average Bonchev–Trinajstić information content (AvgIpc) is 3.15. The van der Waals surface area contributed by atoms with Crippen molar-refractivity contribution in [2.75, 3.05) is 0 Å². The summed E-state index contributed by atoms with van der Waals surface area (Å²) in [5.41, 5.74) is 5.15. The number of aromatic amines is 1. The monoisotopic (exact) mass is 354 g/mol. The minimum Gasteiger partial charge on any atom is -0.348 e. The molecule has 1 amide bonds. The van der Waals surface area contributed by atoms with E-state index in [-0.39, 0.29) is 17.9 Å². The van der Waals surface area contributed by atoms with Crippen LogP contribution in [0.5, 0.6) is 0 Å². The maximum atomic E-state index is 12.9. The molecule has 7 nitrogen and oxygen atoms in total. The standard InChI is InChI=1S/C19H26N6O/c1-10(2)17-7-14(16-9-21-25(11(3)4)18(16)22-17)19(26)20-8-15-12(5)23-24-13(15)6/h7,9-11H,8H2,1-6H3,(H,20,26)(H,23,24). The first-order valence-corrected chi connectivity index (χ1v) is 8.96. The molecular formula is C19H26N6O. The molecule has 2 N–H and O–H groups in total. The zero-order valence-electron chi connectivity index (χ0n) is 16.2. The minimum absolute atomic E-state index is 0.123. The molecule has 7 heteroatoms. The van der Waals surface area contributed by atoms with Crippen LogP contribution in [0.4, 0.5) is 0 Å². The summed E-state index contributed by atoms with van der Waals surface area (Å²) in [5, 5.41) is 15.4. The predicted molar refractivity (Wildman–Crippen MR) is 101 cm³/mol. The van der Waals surface area contributed by atoms with Crippen LogP contribution < -0.4 is 5.32 Å². The molecule has 3 aromatic heterocycles. The van der Waals surface area contributed by atoms with E-state index in [1.165, 1.54) is 0 Å². The van der Waals surface area contributed by atoms with E-state index in [9.17, 15) is 4.79 Å². The third kappa shape index (κ3) is 3.21. The Labute approximate surface area is 153 Å². The highest BCUT2D eigenvalue weighted by atomic mass is 16.1. The highest BCUT2D eigenvalue weighted by Crippen LogP contribution is 2.24. The number of hydrogen-bond donors (Lipinski definition) is 2. The molecule has 0 saturated heterocycles. The Bertz CT molecular complexity index is 931. The molecule has 3 heterocycles. The van der Waals surface area contributed by atoms with Crippen molar-refractivity contribution in [1.29, 1.82) is 0 Å². The summed E-state index contributed by atoms with van der Waals surface area (Å²) in [6.45, 7) is 12.6. The summed E-state index contributed by atoms with van der Waals surface area (Å²) in [6.07, 6.45) is 1.73. The number of hydrogen-bond acceptors (Lipinski definition) is 4. The van der Waals surface area contributed by atoms with Gasteiger partial charge in [-0.1, -0.05) is 13.8 Å². The number of nitrogens with zero attached hydrogens (tertiary/aromatic N) is 4. The second-order valence-electron chi connectivity index (χ2n) is 7.26. The largest absolute Gasteiger partial charge is 0.348 e. The Morgan fingerprint density at radius 1 is 1.27 bits per heavy atom. The van der Waals surface area contributed by atoms with Gasteiger partial charge in [0.2, 0.25) is 0 Å². The Morgan fingerprint density at radius 2 is 2.00 bits per heavy atom. The first-order valence-electron chi connectivity index (χ1n) is 8.96. The van der Waals surface area contributed by atoms with Gasteiger partial charge in [0.15, 0.2) is 5.65 Å². The van der Waals surface area contributed by atoms with Gasteiger partial charge in [-0.05, 0) is 39.7 Å². The topological polar surface area (TPSA) is 88.5 Å². The highest BCUT2D eigenvalue weighted by molar-refractivity contribution is 6.05. The van der Waals surface area contributed by atoms with Crippen molar-refractivity contribution >= 4 is 16.9 Å². The summed E-state index contributed by atoms with van der Waals surface area (Å²) in [7, 11) is 0. The number of aryl methyl sites for hydroxylation is 2. The van der Waals surface area contributed by atoms with Crippen LogP contribution in [0, 0.1) is 13.8 Å². The maximum Gasteiger partial charge on any atom is 0.252 e. The minimum atomic E-state index is -0.123. The van der Waals surface area contributed by atoms with E-state index in [1.807, 2.05) is 24.6 Å². The Kier molecular flexibility index (Phi) is 4.80. The van der Waals surface area contributed by atoms with Crippen LogP contribution in [0.15, 0.2) is 12.3 Å². The lowest BCUT2D eigenvalue weighted by Gasteiger charge is -2.12. The van der Waals surface area contributed by atoms with Gasteiger partial charge in [-0.15, -0.1) is 0 Å². The number of carbonyl (C=O) groups excluding carboxylic acids is 1. The maximum absolute atomic E-state index is 12.9. The molecule has 0 radical (unpaired) electrons. The van der Waals surface area contributed by atoms with Gasteiger partial charge in [0.1, 0.15) is 0 Å². The van der Waals surface area contributed by atoms with Crippen molar-refractivity contribution in [1.82, 2.24) is 30.3 Å². The summed E-state index contributed by atoms with van der Waals surface area (Å²) in [5.74, 6) is 0.0995. The van der Waals surface area contributed by atoms with Crippen LogP contribution >= 0.6 is 0 Å². The number of H-pyrrole nitrogens is 1. The number of carbonyl (C=O) groups is 1. The van der Waals surface area contributed by atoms with Crippen molar-refractivity contribution in [2.45, 2.75) is 60.0 Å². The van der Waals surface area contributed by atoms with Crippen LogP contribution in [0.1, 0.15) is 72.7 Å². The number of fused-ring (bicyclic) bond motifs is 1. The van der Waals surface area contributed by atoms with Crippen LogP contribution in [0.3, 0.4) is 0 Å². The van der Waals surface area contributed by atoms with Gasteiger partial charge in [0.25, 0.3) is 5.91 Å². The predicted octanol–water partition coefficient (Wildman–Crippen LogP) is 3.41.